The predicted molar refractivity (Wildman–Crippen MR) is 65.9 cm³/mol. The summed E-state index contributed by atoms with van der Waals surface area (Å²) in [5.74, 6) is -1.12. The highest BCUT2D eigenvalue weighted by molar-refractivity contribution is 5.87. The van der Waals surface area contributed by atoms with Gasteiger partial charge >= 0.3 is 5.97 Å². The van der Waals surface area contributed by atoms with Crippen molar-refractivity contribution in [2.45, 2.75) is 32.6 Å². The average molecular weight is 234 g/mol. The van der Waals surface area contributed by atoms with E-state index >= 15 is 0 Å². The van der Waals surface area contributed by atoms with E-state index in [2.05, 4.69) is 0 Å². The SMILES string of the molecule is CC(C)C(=O)C(CCC(=O)O)c1ccccc1. The van der Waals surface area contributed by atoms with Crippen LogP contribution in [0.15, 0.2) is 30.3 Å². The van der Waals surface area contributed by atoms with E-state index in [4.69, 9.17) is 5.11 Å². The lowest BCUT2D eigenvalue weighted by atomic mass is 9.85. The van der Waals surface area contributed by atoms with Gasteiger partial charge in [0.2, 0.25) is 0 Å². The average Bonchev–Trinajstić information content (AvgIpc) is 2.30. The molecule has 0 amide bonds. The number of hydrogen-bond acceptors (Lipinski definition) is 2. The van der Waals surface area contributed by atoms with Gasteiger partial charge in [-0.1, -0.05) is 44.2 Å². The summed E-state index contributed by atoms with van der Waals surface area (Å²) in [5, 5.41) is 8.72. The van der Waals surface area contributed by atoms with E-state index in [-0.39, 0.29) is 24.0 Å². The van der Waals surface area contributed by atoms with Gasteiger partial charge in [0.15, 0.2) is 0 Å². The molecule has 0 fully saturated rings. The maximum atomic E-state index is 12.1. The van der Waals surface area contributed by atoms with Gasteiger partial charge in [-0.25, -0.2) is 0 Å². The van der Waals surface area contributed by atoms with Crippen LogP contribution in [-0.4, -0.2) is 16.9 Å². The Morgan fingerprint density at radius 2 is 1.76 bits per heavy atom. The van der Waals surface area contributed by atoms with Gasteiger partial charge in [0.25, 0.3) is 0 Å². The highest BCUT2D eigenvalue weighted by Gasteiger charge is 2.23. The summed E-state index contributed by atoms with van der Waals surface area (Å²) in [7, 11) is 0. The molecule has 1 unspecified atom stereocenters. The van der Waals surface area contributed by atoms with Gasteiger partial charge in [0.1, 0.15) is 5.78 Å². The largest absolute Gasteiger partial charge is 0.481 e. The lowest BCUT2D eigenvalue weighted by Crippen LogP contribution is -2.19. The molecule has 0 saturated heterocycles. The molecule has 0 aliphatic heterocycles. The van der Waals surface area contributed by atoms with Crippen LogP contribution in [0.1, 0.15) is 38.2 Å². The molecule has 1 rings (SSSR count). The van der Waals surface area contributed by atoms with Gasteiger partial charge in [-0.05, 0) is 12.0 Å². The molecule has 92 valence electrons. The topological polar surface area (TPSA) is 54.4 Å². The summed E-state index contributed by atoms with van der Waals surface area (Å²) in [5.41, 5.74) is 0.910. The molecule has 3 nitrogen and oxygen atoms in total. The van der Waals surface area contributed by atoms with Crippen molar-refractivity contribution in [1.82, 2.24) is 0 Å². The molecule has 0 bridgehead atoms. The zero-order chi connectivity index (χ0) is 12.8. The van der Waals surface area contributed by atoms with E-state index in [0.717, 1.165) is 5.56 Å². The van der Waals surface area contributed by atoms with Crippen LogP contribution in [-0.2, 0) is 9.59 Å². The van der Waals surface area contributed by atoms with Gasteiger partial charge in [-0.3, -0.25) is 9.59 Å². The number of carbonyl (C=O) groups is 2. The predicted octanol–water partition coefficient (Wildman–Crippen LogP) is 2.86. The van der Waals surface area contributed by atoms with Crippen molar-refractivity contribution < 1.29 is 14.7 Å². The van der Waals surface area contributed by atoms with Crippen molar-refractivity contribution in [2.24, 2.45) is 5.92 Å². The zero-order valence-corrected chi connectivity index (χ0v) is 10.2. The standard InChI is InChI=1S/C14H18O3/c1-10(2)14(17)12(8-9-13(15)16)11-6-4-3-5-7-11/h3-7,10,12H,8-9H2,1-2H3,(H,15,16). The van der Waals surface area contributed by atoms with Crippen LogP contribution in [0.4, 0.5) is 0 Å². The Kier molecular flexibility index (Phi) is 4.88. The first kappa shape index (κ1) is 13.4. The fourth-order valence-electron chi connectivity index (χ4n) is 1.83. The molecule has 1 aromatic rings. The Bertz CT molecular complexity index is 382. The number of ketones is 1. The quantitative estimate of drug-likeness (QED) is 0.823. The third-order valence-corrected chi connectivity index (χ3v) is 2.76. The number of Topliss-reactive ketones (excluding diaryl/α,β-unsaturated/α-hetero) is 1. The molecule has 0 aliphatic rings. The monoisotopic (exact) mass is 234 g/mol. The van der Waals surface area contributed by atoms with Crippen molar-refractivity contribution in [3.63, 3.8) is 0 Å². The minimum absolute atomic E-state index is 0.0258. The number of rotatable bonds is 6. The smallest absolute Gasteiger partial charge is 0.303 e. The van der Waals surface area contributed by atoms with E-state index in [1.54, 1.807) is 0 Å². The number of aliphatic carboxylic acids is 1. The van der Waals surface area contributed by atoms with E-state index < -0.39 is 5.97 Å². The van der Waals surface area contributed by atoms with Gasteiger partial charge in [-0.15, -0.1) is 0 Å². The molecule has 0 aliphatic carbocycles. The summed E-state index contributed by atoms with van der Waals surface area (Å²) >= 11 is 0. The lowest BCUT2D eigenvalue weighted by molar-refractivity contribution is -0.137. The van der Waals surface area contributed by atoms with Crippen LogP contribution in [0.3, 0.4) is 0 Å². The molecular formula is C14H18O3. The second-order valence-corrected chi connectivity index (χ2v) is 4.45. The number of carboxylic acid groups (broad SMARTS) is 1. The maximum Gasteiger partial charge on any atom is 0.303 e. The van der Waals surface area contributed by atoms with Crippen LogP contribution in [0, 0.1) is 5.92 Å². The van der Waals surface area contributed by atoms with Crippen LogP contribution in [0.25, 0.3) is 0 Å². The lowest BCUT2D eigenvalue weighted by Gasteiger charge is -2.17. The highest BCUT2D eigenvalue weighted by Crippen LogP contribution is 2.25. The molecule has 1 N–H and O–H groups in total. The van der Waals surface area contributed by atoms with Crippen molar-refractivity contribution in [2.75, 3.05) is 0 Å². The molecule has 0 heterocycles. The van der Waals surface area contributed by atoms with Gasteiger partial charge in [-0.2, -0.15) is 0 Å². The molecule has 0 saturated carbocycles. The fraction of sp³-hybridized carbons (Fsp3) is 0.429. The first-order valence-corrected chi connectivity index (χ1v) is 5.83. The first-order chi connectivity index (χ1) is 8.02. The summed E-state index contributed by atoms with van der Waals surface area (Å²) in [6.45, 7) is 3.69. The molecule has 1 aromatic carbocycles. The first-order valence-electron chi connectivity index (χ1n) is 5.83. The Morgan fingerprint density at radius 1 is 1.18 bits per heavy atom. The summed E-state index contributed by atoms with van der Waals surface area (Å²) in [4.78, 5) is 22.7. The van der Waals surface area contributed by atoms with Crippen molar-refractivity contribution >= 4 is 11.8 Å². The van der Waals surface area contributed by atoms with Crippen LogP contribution >= 0.6 is 0 Å². The minimum atomic E-state index is -0.859. The summed E-state index contributed by atoms with van der Waals surface area (Å²) in [6.07, 6.45) is 0.397. The molecule has 1 atom stereocenters. The van der Waals surface area contributed by atoms with Gasteiger partial charge in [0.05, 0.1) is 0 Å². The third-order valence-electron chi connectivity index (χ3n) is 2.76. The van der Waals surface area contributed by atoms with E-state index in [0.29, 0.717) is 6.42 Å². The van der Waals surface area contributed by atoms with Gasteiger partial charge in [0, 0.05) is 18.3 Å². The second-order valence-electron chi connectivity index (χ2n) is 4.45. The third kappa shape index (κ3) is 4.02. The van der Waals surface area contributed by atoms with E-state index in [1.807, 2.05) is 44.2 Å². The number of carboxylic acids is 1. The normalized spacial score (nSPS) is 12.4. The Hall–Kier alpha value is -1.64. The van der Waals surface area contributed by atoms with Crippen molar-refractivity contribution in [1.29, 1.82) is 0 Å². The minimum Gasteiger partial charge on any atom is -0.481 e. The van der Waals surface area contributed by atoms with Crippen molar-refractivity contribution in [3.8, 4) is 0 Å². The van der Waals surface area contributed by atoms with Gasteiger partial charge < -0.3 is 5.11 Å². The molecular weight excluding hydrogens is 216 g/mol. The maximum absolute atomic E-state index is 12.1. The Balaban J connectivity index is 2.86. The van der Waals surface area contributed by atoms with Crippen LogP contribution in [0.2, 0.25) is 0 Å². The molecule has 0 radical (unpaired) electrons. The fourth-order valence-corrected chi connectivity index (χ4v) is 1.83. The molecule has 0 aromatic heterocycles. The second kappa shape index (κ2) is 6.18. The molecule has 0 spiro atoms. The number of carbonyl (C=O) groups excluding carboxylic acids is 1. The van der Waals surface area contributed by atoms with Crippen LogP contribution in [0.5, 0.6) is 0 Å². The highest BCUT2D eigenvalue weighted by atomic mass is 16.4. The summed E-state index contributed by atoms with van der Waals surface area (Å²) in [6, 6.07) is 9.39. The van der Waals surface area contributed by atoms with Crippen molar-refractivity contribution in [3.05, 3.63) is 35.9 Å². The Morgan fingerprint density at radius 3 is 2.24 bits per heavy atom. The van der Waals surface area contributed by atoms with E-state index in [9.17, 15) is 9.59 Å². The number of benzene rings is 1. The van der Waals surface area contributed by atoms with E-state index in [1.165, 1.54) is 0 Å². The van der Waals surface area contributed by atoms with Crippen LogP contribution < -0.4 is 0 Å². The zero-order valence-electron chi connectivity index (χ0n) is 10.2. The Labute approximate surface area is 101 Å². The molecule has 17 heavy (non-hydrogen) atoms. The number of hydrogen-bond donors (Lipinski definition) is 1. The molecule has 3 heteroatoms. The summed E-state index contributed by atoms with van der Waals surface area (Å²) < 4.78 is 0.